The molecule has 0 saturated heterocycles. The molecule has 0 radical (unpaired) electrons. The van der Waals surface area contributed by atoms with Gasteiger partial charge >= 0.3 is 0 Å². The summed E-state index contributed by atoms with van der Waals surface area (Å²) in [6.07, 6.45) is 0. The number of benzene rings is 2. The lowest BCUT2D eigenvalue weighted by Crippen LogP contribution is -2.46. The van der Waals surface area contributed by atoms with Gasteiger partial charge in [0.25, 0.3) is 5.91 Å². The first-order valence-electron chi connectivity index (χ1n) is 8.08. The van der Waals surface area contributed by atoms with Crippen LogP contribution >= 0.6 is 23.8 Å². The number of allylic oxidation sites excluding steroid dienone is 1. The van der Waals surface area contributed by atoms with E-state index in [1.165, 1.54) is 12.1 Å². The number of hydrogen-bond acceptors (Lipinski definition) is 3. The fourth-order valence-corrected chi connectivity index (χ4v) is 3.44. The van der Waals surface area contributed by atoms with Crippen LogP contribution in [0.1, 0.15) is 18.5 Å². The topological polar surface area (TPSA) is 62.4 Å². The lowest BCUT2D eigenvalue weighted by molar-refractivity contribution is -0.113. The first-order valence-corrected chi connectivity index (χ1v) is 8.87. The van der Waals surface area contributed by atoms with Crippen LogP contribution in [0, 0.1) is 5.82 Å². The van der Waals surface area contributed by atoms with Crippen molar-refractivity contribution in [2.75, 3.05) is 12.4 Å². The Labute approximate surface area is 166 Å². The molecule has 0 saturated carbocycles. The van der Waals surface area contributed by atoms with Crippen molar-refractivity contribution in [1.29, 1.82) is 0 Å². The number of carbonyl (C=O) groups is 1. The zero-order valence-electron chi connectivity index (χ0n) is 14.6. The van der Waals surface area contributed by atoms with Gasteiger partial charge in [0.1, 0.15) is 11.6 Å². The van der Waals surface area contributed by atoms with Crippen LogP contribution in [0.3, 0.4) is 0 Å². The molecular formula is C19H17ClFN3O2S. The average Bonchev–Trinajstić information content (AvgIpc) is 2.61. The first-order chi connectivity index (χ1) is 12.9. The molecule has 5 nitrogen and oxygen atoms in total. The predicted octanol–water partition coefficient (Wildman–Crippen LogP) is 3.92. The van der Waals surface area contributed by atoms with Crippen LogP contribution < -0.4 is 20.7 Å². The monoisotopic (exact) mass is 405 g/mol. The highest BCUT2D eigenvalue weighted by atomic mass is 35.5. The number of rotatable bonds is 4. The molecular weight excluding hydrogens is 389 g/mol. The summed E-state index contributed by atoms with van der Waals surface area (Å²) in [4.78, 5) is 13.0. The number of carbonyl (C=O) groups excluding carboxylic acids is 1. The molecule has 1 atom stereocenters. The third-order valence-corrected chi connectivity index (χ3v) is 4.68. The van der Waals surface area contributed by atoms with Crippen molar-refractivity contribution in [3.63, 3.8) is 0 Å². The van der Waals surface area contributed by atoms with Gasteiger partial charge in [-0.05, 0) is 43.4 Å². The molecule has 1 heterocycles. The Balaban J connectivity index is 2.00. The van der Waals surface area contributed by atoms with Crippen LogP contribution in [0.5, 0.6) is 5.75 Å². The number of anilines is 1. The Morgan fingerprint density at radius 2 is 2.04 bits per heavy atom. The highest BCUT2D eigenvalue weighted by molar-refractivity contribution is 7.80. The Kier molecular flexibility index (Phi) is 5.62. The Bertz CT molecular complexity index is 928. The van der Waals surface area contributed by atoms with Crippen molar-refractivity contribution in [2.24, 2.45) is 0 Å². The van der Waals surface area contributed by atoms with E-state index in [4.69, 9.17) is 28.6 Å². The third-order valence-electron chi connectivity index (χ3n) is 4.13. The standard InChI is InChI=1S/C19H17ClFN3O2S/c1-10-15(18(25)23-11-5-3-6-12(9-11)26-2)17(24-19(27)22-10)16-13(20)7-4-8-14(16)21/h3-9,17H,1-2H3,(H,23,25)(H2,22,24,27)/t17-/m0/s1. The van der Waals surface area contributed by atoms with Gasteiger partial charge in [0.2, 0.25) is 0 Å². The molecule has 3 rings (SSSR count). The van der Waals surface area contributed by atoms with E-state index in [1.807, 2.05) is 0 Å². The molecule has 2 aromatic rings. The SMILES string of the molecule is COc1cccc(NC(=O)C2=C(C)NC(=S)N[C@@H]2c2c(F)cccc2Cl)c1. The predicted molar refractivity (Wildman–Crippen MR) is 107 cm³/mol. The van der Waals surface area contributed by atoms with Crippen molar-refractivity contribution < 1.29 is 13.9 Å². The van der Waals surface area contributed by atoms with E-state index < -0.39 is 17.8 Å². The van der Waals surface area contributed by atoms with E-state index in [9.17, 15) is 9.18 Å². The molecule has 1 amide bonds. The van der Waals surface area contributed by atoms with E-state index in [0.29, 0.717) is 22.7 Å². The minimum Gasteiger partial charge on any atom is -0.497 e. The summed E-state index contributed by atoms with van der Waals surface area (Å²) in [6, 6.07) is 10.5. The Morgan fingerprint density at radius 1 is 1.30 bits per heavy atom. The molecule has 2 aromatic carbocycles. The van der Waals surface area contributed by atoms with Gasteiger partial charge < -0.3 is 20.7 Å². The fraction of sp³-hybridized carbons (Fsp3) is 0.158. The van der Waals surface area contributed by atoms with Crippen molar-refractivity contribution in [3.05, 3.63) is 70.1 Å². The second-order valence-corrected chi connectivity index (χ2v) is 6.71. The Hall–Kier alpha value is -2.64. The number of amides is 1. The molecule has 0 unspecified atom stereocenters. The maximum absolute atomic E-state index is 14.5. The van der Waals surface area contributed by atoms with Crippen LogP contribution in [0.4, 0.5) is 10.1 Å². The quantitative estimate of drug-likeness (QED) is 0.673. The minimum absolute atomic E-state index is 0.165. The van der Waals surface area contributed by atoms with Crippen molar-refractivity contribution in [3.8, 4) is 5.75 Å². The summed E-state index contributed by atoms with van der Waals surface area (Å²) >= 11 is 11.4. The maximum atomic E-state index is 14.5. The van der Waals surface area contributed by atoms with Crippen LogP contribution in [0.25, 0.3) is 0 Å². The van der Waals surface area contributed by atoms with Gasteiger partial charge in [-0.2, -0.15) is 0 Å². The van der Waals surface area contributed by atoms with E-state index >= 15 is 0 Å². The molecule has 0 bridgehead atoms. The summed E-state index contributed by atoms with van der Waals surface area (Å²) in [7, 11) is 1.54. The van der Waals surface area contributed by atoms with Gasteiger partial charge in [0, 0.05) is 28.0 Å². The number of thiocarbonyl (C=S) groups is 1. The van der Waals surface area contributed by atoms with E-state index in [-0.39, 0.29) is 15.7 Å². The number of methoxy groups -OCH3 is 1. The lowest BCUT2D eigenvalue weighted by Gasteiger charge is -2.31. The summed E-state index contributed by atoms with van der Waals surface area (Å²) in [6.45, 7) is 1.70. The molecule has 1 aliphatic rings. The molecule has 140 valence electrons. The van der Waals surface area contributed by atoms with Crippen molar-refractivity contribution in [1.82, 2.24) is 10.6 Å². The van der Waals surface area contributed by atoms with Crippen LogP contribution in [0.15, 0.2) is 53.7 Å². The first kappa shape index (κ1) is 19.1. The number of ether oxygens (including phenoxy) is 1. The van der Waals surface area contributed by atoms with Gasteiger partial charge in [0.05, 0.1) is 18.7 Å². The number of hydrogen-bond donors (Lipinski definition) is 3. The van der Waals surface area contributed by atoms with Crippen molar-refractivity contribution in [2.45, 2.75) is 13.0 Å². The van der Waals surface area contributed by atoms with Crippen molar-refractivity contribution >= 4 is 40.5 Å². The van der Waals surface area contributed by atoms with E-state index in [1.54, 1.807) is 44.4 Å². The van der Waals surface area contributed by atoms with Gasteiger partial charge in [0.15, 0.2) is 5.11 Å². The molecule has 27 heavy (non-hydrogen) atoms. The molecule has 0 aromatic heterocycles. The number of nitrogens with one attached hydrogen (secondary N) is 3. The lowest BCUT2D eigenvalue weighted by atomic mass is 9.94. The smallest absolute Gasteiger partial charge is 0.255 e. The van der Waals surface area contributed by atoms with Gasteiger partial charge in [-0.15, -0.1) is 0 Å². The number of halogens is 2. The second kappa shape index (κ2) is 7.94. The molecule has 8 heteroatoms. The second-order valence-electron chi connectivity index (χ2n) is 5.89. The van der Waals surface area contributed by atoms with Gasteiger partial charge in [-0.3, -0.25) is 4.79 Å². The molecule has 3 N–H and O–H groups in total. The summed E-state index contributed by atoms with van der Waals surface area (Å²) < 4.78 is 19.7. The van der Waals surface area contributed by atoms with Crippen LogP contribution in [0.2, 0.25) is 5.02 Å². The Morgan fingerprint density at radius 3 is 2.74 bits per heavy atom. The van der Waals surface area contributed by atoms with Crippen LogP contribution in [-0.2, 0) is 4.79 Å². The highest BCUT2D eigenvalue weighted by Crippen LogP contribution is 2.34. The zero-order chi connectivity index (χ0) is 19.6. The molecule has 0 spiro atoms. The third kappa shape index (κ3) is 4.04. The average molecular weight is 406 g/mol. The van der Waals surface area contributed by atoms with E-state index in [2.05, 4.69) is 16.0 Å². The molecule has 0 aliphatic carbocycles. The van der Waals surface area contributed by atoms with E-state index in [0.717, 1.165) is 0 Å². The van der Waals surface area contributed by atoms with Gasteiger partial charge in [-0.25, -0.2) is 4.39 Å². The molecule has 0 fully saturated rings. The minimum atomic E-state index is -0.821. The zero-order valence-corrected chi connectivity index (χ0v) is 16.2. The summed E-state index contributed by atoms with van der Waals surface area (Å²) in [5.74, 6) is -0.329. The maximum Gasteiger partial charge on any atom is 0.255 e. The van der Waals surface area contributed by atoms with Gasteiger partial charge in [-0.1, -0.05) is 23.7 Å². The summed E-state index contributed by atoms with van der Waals surface area (Å²) in [5.41, 5.74) is 1.52. The highest BCUT2D eigenvalue weighted by Gasteiger charge is 2.33. The molecule has 1 aliphatic heterocycles. The summed E-state index contributed by atoms with van der Waals surface area (Å²) in [5, 5.41) is 9.14. The fourth-order valence-electron chi connectivity index (χ4n) is 2.90. The normalized spacial score (nSPS) is 16.4. The largest absolute Gasteiger partial charge is 0.497 e. The van der Waals surface area contributed by atoms with Crippen LogP contribution in [-0.4, -0.2) is 18.1 Å².